The van der Waals surface area contributed by atoms with Gasteiger partial charge in [0, 0.05) is 13.1 Å². The molecular weight excluding hydrogens is 476 g/mol. The van der Waals surface area contributed by atoms with Gasteiger partial charge in [-0.1, -0.05) is 60.7 Å². The minimum absolute atomic E-state index is 0.115. The Morgan fingerprint density at radius 2 is 1.33 bits per heavy atom. The van der Waals surface area contributed by atoms with Gasteiger partial charge in [-0.2, -0.15) is 0 Å². The number of nitrogens with two attached hydrogens (primary N) is 1. The molecule has 2 N–H and O–H groups in total. The lowest BCUT2D eigenvalue weighted by Crippen LogP contribution is -2.30. The van der Waals surface area contributed by atoms with Crippen LogP contribution in [0.3, 0.4) is 0 Å². The third-order valence-electron chi connectivity index (χ3n) is 5.51. The fraction of sp³-hybridized carbons (Fsp3) is 0.107. The van der Waals surface area contributed by atoms with Crippen molar-refractivity contribution in [3.05, 3.63) is 120 Å². The van der Waals surface area contributed by atoms with E-state index in [4.69, 9.17) is 14.6 Å². The zero-order chi connectivity index (χ0) is 25.5. The molecule has 7 nitrogen and oxygen atoms in total. The number of carbonyl (C=O) groups is 1. The molecule has 0 aliphatic rings. The number of benzene rings is 4. The van der Waals surface area contributed by atoms with Crippen molar-refractivity contribution in [1.82, 2.24) is 4.90 Å². The van der Waals surface area contributed by atoms with E-state index in [0.29, 0.717) is 12.3 Å². The number of hydrogen-bond donors (Lipinski definition) is 1. The molecule has 4 rings (SSSR count). The molecule has 0 aromatic heterocycles. The van der Waals surface area contributed by atoms with Gasteiger partial charge < -0.3 is 14.4 Å². The van der Waals surface area contributed by atoms with E-state index in [9.17, 15) is 13.2 Å². The molecule has 8 heteroatoms. The molecule has 0 radical (unpaired) electrons. The van der Waals surface area contributed by atoms with E-state index in [1.807, 2.05) is 84.9 Å². The summed E-state index contributed by atoms with van der Waals surface area (Å²) in [7, 11) is -2.57. The second-order valence-electron chi connectivity index (χ2n) is 8.11. The Labute approximate surface area is 210 Å². The molecule has 0 saturated carbocycles. The van der Waals surface area contributed by atoms with Crippen LogP contribution in [-0.4, -0.2) is 26.3 Å². The number of ether oxygens (including phenoxy) is 2. The summed E-state index contributed by atoms with van der Waals surface area (Å²) >= 11 is 0. The molecule has 0 atom stereocenters. The van der Waals surface area contributed by atoms with Crippen LogP contribution in [-0.2, 0) is 23.1 Å². The lowest BCUT2D eigenvalue weighted by molar-refractivity contribution is 0.0726. The molecule has 1 amide bonds. The van der Waals surface area contributed by atoms with Crippen molar-refractivity contribution in [2.45, 2.75) is 18.0 Å². The summed E-state index contributed by atoms with van der Waals surface area (Å²) in [5.74, 6) is 1.28. The van der Waals surface area contributed by atoms with Crippen molar-refractivity contribution in [3.63, 3.8) is 0 Å². The summed E-state index contributed by atoms with van der Waals surface area (Å²) in [4.78, 5) is 15.2. The molecule has 0 heterocycles. The van der Waals surface area contributed by atoms with Crippen LogP contribution < -0.4 is 14.6 Å². The summed E-state index contributed by atoms with van der Waals surface area (Å²) in [6.07, 6.45) is 0. The molecule has 0 aliphatic carbocycles. The number of amides is 1. The highest BCUT2D eigenvalue weighted by Crippen LogP contribution is 2.26. The first-order valence-electron chi connectivity index (χ1n) is 11.2. The molecule has 36 heavy (non-hydrogen) atoms. The average Bonchev–Trinajstić information content (AvgIpc) is 2.89. The van der Waals surface area contributed by atoms with Crippen LogP contribution >= 0.6 is 0 Å². The van der Waals surface area contributed by atoms with Crippen LogP contribution in [0.5, 0.6) is 17.2 Å². The minimum atomic E-state index is -4.00. The van der Waals surface area contributed by atoms with Gasteiger partial charge in [0.25, 0.3) is 5.91 Å². The maximum absolute atomic E-state index is 13.7. The van der Waals surface area contributed by atoms with E-state index in [2.05, 4.69) is 0 Å². The largest absolute Gasteiger partial charge is 0.496 e. The molecular formula is C28H26N2O5S. The lowest BCUT2D eigenvalue weighted by atomic mass is 10.1. The van der Waals surface area contributed by atoms with Gasteiger partial charge in [0.15, 0.2) is 0 Å². The summed E-state index contributed by atoms with van der Waals surface area (Å²) in [6, 6.07) is 30.5. The number of sulfonamides is 1. The Bertz CT molecular complexity index is 1420. The van der Waals surface area contributed by atoms with Gasteiger partial charge in [0.1, 0.15) is 17.2 Å². The van der Waals surface area contributed by atoms with E-state index in [0.717, 1.165) is 16.9 Å². The van der Waals surface area contributed by atoms with Crippen molar-refractivity contribution < 1.29 is 22.7 Å². The zero-order valence-corrected chi connectivity index (χ0v) is 20.5. The highest BCUT2D eigenvalue weighted by Gasteiger charge is 2.23. The normalized spacial score (nSPS) is 11.1. The Morgan fingerprint density at radius 3 is 1.92 bits per heavy atom. The predicted molar refractivity (Wildman–Crippen MR) is 137 cm³/mol. The highest BCUT2D eigenvalue weighted by molar-refractivity contribution is 7.89. The monoisotopic (exact) mass is 502 g/mol. The molecule has 0 bridgehead atoms. The Kier molecular flexibility index (Phi) is 7.68. The second kappa shape index (κ2) is 11.1. The number of rotatable bonds is 9. The maximum atomic E-state index is 13.7. The van der Waals surface area contributed by atoms with Crippen LogP contribution in [0, 0.1) is 0 Å². The summed E-state index contributed by atoms with van der Waals surface area (Å²) < 4.78 is 35.1. The van der Waals surface area contributed by atoms with E-state index in [1.54, 1.807) is 4.90 Å². The first kappa shape index (κ1) is 25.0. The third-order valence-corrected chi connectivity index (χ3v) is 6.42. The van der Waals surface area contributed by atoms with Crippen LogP contribution in [0.25, 0.3) is 0 Å². The highest BCUT2D eigenvalue weighted by atomic mass is 32.2. The molecule has 0 spiro atoms. The van der Waals surface area contributed by atoms with Gasteiger partial charge in [-0.3, -0.25) is 4.79 Å². The first-order chi connectivity index (χ1) is 17.3. The van der Waals surface area contributed by atoms with Gasteiger partial charge in [0.05, 0.1) is 17.6 Å². The predicted octanol–water partition coefficient (Wildman–Crippen LogP) is 4.98. The number of methoxy groups -OCH3 is 1. The molecule has 0 unspecified atom stereocenters. The van der Waals surface area contributed by atoms with Crippen molar-refractivity contribution in [2.75, 3.05) is 7.11 Å². The van der Waals surface area contributed by atoms with Gasteiger partial charge in [-0.25, -0.2) is 13.6 Å². The molecule has 4 aromatic carbocycles. The third kappa shape index (κ3) is 6.29. The summed E-state index contributed by atoms with van der Waals surface area (Å²) in [5.41, 5.74) is 1.92. The number of para-hydroxylation sites is 1. The molecule has 4 aromatic rings. The SMILES string of the molecule is COc1ccc(S(N)(=O)=O)cc1C(=O)N(Cc1ccccc1)Cc1ccc(Oc2ccccc2)cc1. The van der Waals surface area contributed by atoms with E-state index in [-0.39, 0.29) is 28.7 Å². The van der Waals surface area contributed by atoms with Crippen LogP contribution in [0.1, 0.15) is 21.5 Å². The first-order valence-corrected chi connectivity index (χ1v) is 12.7. The Balaban J connectivity index is 1.63. The van der Waals surface area contributed by atoms with Gasteiger partial charge in [-0.15, -0.1) is 0 Å². The average molecular weight is 503 g/mol. The maximum Gasteiger partial charge on any atom is 0.258 e. The van der Waals surface area contributed by atoms with Crippen LogP contribution in [0.4, 0.5) is 0 Å². The molecule has 0 saturated heterocycles. The lowest BCUT2D eigenvalue weighted by Gasteiger charge is -2.24. The fourth-order valence-corrected chi connectivity index (χ4v) is 4.25. The Morgan fingerprint density at radius 1 is 0.778 bits per heavy atom. The topological polar surface area (TPSA) is 98.9 Å². The van der Waals surface area contributed by atoms with Gasteiger partial charge >= 0.3 is 0 Å². The van der Waals surface area contributed by atoms with E-state index < -0.39 is 10.0 Å². The standard InChI is InChI=1S/C28H26N2O5S/c1-34-27-17-16-25(36(29,32)33)18-26(27)28(31)30(19-21-8-4-2-5-9-21)20-22-12-14-24(15-13-22)35-23-10-6-3-7-11-23/h2-18H,19-20H2,1H3,(H2,29,32,33). The van der Waals surface area contributed by atoms with Crippen molar-refractivity contribution in [3.8, 4) is 17.2 Å². The smallest absolute Gasteiger partial charge is 0.258 e. The molecule has 0 aliphatic heterocycles. The van der Waals surface area contributed by atoms with Crippen molar-refractivity contribution in [2.24, 2.45) is 5.14 Å². The minimum Gasteiger partial charge on any atom is -0.496 e. The van der Waals surface area contributed by atoms with Gasteiger partial charge in [-0.05, 0) is 53.6 Å². The van der Waals surface area contributed by atoms with E-state index in [1.165, 1.54) is 25.3 Å². The van der Waals surface area contributed by atoms with Crippen molar-refractivity contribution >= 4 is 15.9 Å². The quantitative estimate of drug-likeness (QED) is 0.348. The number of primary sulfonamides is 1. The number of carbonyl (C=O) groups excluding carboxylic acids is 1. The summed E-state index contributed by atoms with van der Waals surface area (Å²) in [6.45, 7) is 0.590. The second-order valence-corrected chi connectivity index (χ2v) is 9.67. The van der Waals surface area contributed by atoms with Gasteiger partial charge in [0.2, 0.25) is 10.0 Å². The molecule has 184 valence electrons. The van der Waals surface area contributed by atoms with Crippen LogP contribution in [0.15, 0.2) is 108 Å². The Hall–Kier alpha value is -4.14. The zero-order valence-electron chi connectivity index (χ0n) is 19.7. The van der Waals surface area contributed by atoms with Crippen molar-refractivity contribution in [1.29, 1.82) is 0 Å². The molecule has 0 fully saturated rings. The summed E-state index contributed by atoms with van der Waals surface area (Å²) in [5, 5.41) is 5.30. The fourth-order valence-electron chi connectivity index (χ4n) is 3.71. The number of hydrogen-bond acceptors (Lipinski definition) is 5. The van der Waals surface area contributed by atoms with Crippen LogP contribution in [0.2, 0.25) is 0 Å². The number of nitrogens with zero attached hydrogens (tertiary/aromatic N) is 1. The van der Waals surface area contributed by atoms with E-state index >= 15 is 0 Å².